The number of aliphatic hydroxyl groups excluding tert-OH is 1. The van der Waals surface area contributed by atoms with E-state index < -0.39 is 11.6 Å². The fourth-order valence-corrected chi connectivity index (χ4v) is 3.56. The van der Waals surface area contributed by atoms with E-state index in [1.165, 1.54) is 7.11 Å². The molecule has 1 aromatic carbocycles. The number of hydrogen-bond donors (Lipinski definition) is 3. The van der Waals surface area contributed by atoms with Crippen LogP contribution >= 0.6 is 0 Å². The highest BCUT2D eigenvalue weighted by molar-refractivity contribution is 6.04. The molecule has 0 spiro atoms. The first-order valence-corrected chi connectivity index (χ1v) is 9.03. The van der Waals surface area contributed by atoms with E-state index >= 15 is 0 Å². The topological polar surface area (TPSA) is 117 Å². The van der Waals surface area contributed by atoms with Crippen molar-refractivity contribution >= 4 is 16.8 Å². The number of carbonyl (C=O) groups is 1. The van der Waals surface area contributed by atoms with Crippen LogP contribution in [0.2, 0.25) is 0 Å². The van der Waals surface area contributed by atoms with Crippen molar-refractivity contribution in [3.63, 3.8) is 0 Å². The summed E-state index contributed by atoms with van der Waals surface area (Å²) in [6.07, 6.45) is 2.45. The summed E-state index contributed by atoms with van der Waals surface area (Å²) >= 11 is 0. The summed E-state index contributed by atoms with van der Waals surface area (Å²) in [6, 6.07) is 10.2. The Hall–Kier alpha value is -3.26. The average Bonchev–Trinajstić information content (AvgIpc) is 2.69. The van der Waals surface area contributed by atoms with Crippen molar-refractivity contribution in [3.8, 4) is 5.88 Å². The van der Waals surface area contributed by atoms with E-state index in [0.717, 1.165) is 5.56 Å². The van der Waals surface area contributed by atoms with Crippen LogP contribution < -0.4 is 15.7 Å². The van der Waals surface area contributed by atoms with Crippen molar-refractivity contribution < 1.29 is 14.6 Å². The second-order valence-corrected chi connectivity index (χ2v) is 6.91. The van der Waals surface area contributed by atoms with Gasteiger partial charge in [-0.3, -0.25) is 4.79 Å². The molecule has 3 N–H and O–H groups in total. The molecule has 1 fully saturated rings. The van der Waals surface area contributed by atoms with Gasteiger partial charge in [-0.15, -0.1) is 0 Å². The van der Waals surface area contributed by atoms with Crippen LogP contribution in [-0.4, -0.2) is 39.2 Å². The number of amides is 1. The zero-order chi connectivity index (χ0) is 19.7. The van der Waals surface area contributed by atoms with Gasteiger partial charge >= 0.3 is 5.69 Å². The molecule has 2 heterocycles. The van der Waals surface area contributed by atoms with Crippen LogP contribution in [0.5, 0.6) is 5.88 Å². The van der Waals surface area contributed by atoms with E-state index in [1.54, 1.807) is 36.5 Å². The van der Waals surface area contributed by atoms with Gasteiger partial charge in [0.05, 0.1) is 24.8 Å². The van der Waals surface area contributed by atoms with Gasteiger partial charge in [-0.05, 0) is 30.4 Å². The van der Waals surface area contributed by atoms with Crippen molar-refractivity contribution in [2.45, 2.75) is 25.0 Å². The molecule has 3 aromatic rings. The molecule has 0 bridgehead atoms. The molecule has 1 atom stereocenters. The Morgan fingerprint density at radius 1 is 1.29 bits per heavy atom. The zero-order valence-corrected chi connectivity index (χ0v) is 15.3. The van der Waals surface area contributed by atoms with E-state index in [-0.39, 0.29) is 23.8 Å². The number of nitrogens with one attached hydrogen (secondary N) is 2. The fraction of sp³-hybridized carbons (Fsp3) is 0.300. The summed E-state index contributed by atoms with van der Waals surface area (Å²) in [6.45, 7) is 0. The van der Waals surface area contributed by atoms with Crippen molar-refractivity contribution in [1.82, 2.24) is 20.3 Å². The highest BCUT2D eigenvalue weighted by Gasteiger charge is 2.36. The maximum atomic E-state index is 13.0. The van der Waals surface area contributed by atoms with Crippen LogP contribution in [0.4, 0.5) is 0 Å². The van der Waals surface area contributed by atoms with Crippen LogP contribution in [0.3, 0.4) is 0 Å². The number of pyridine rings is 1. The number of hydrogen-bond acceptors (Lipinski definition) is 6. The normalized spacial score (nSPS) is 19.6. The SMILES string of the molecule is COc1ccc([C@H](NC(=O)c2nc(=O)[nH]c3ccccc23)C2CC(O)C2)cn1. The van der Waals surface area contributed by atoms with Gasteiger partial charge in [0.1, 0.15) is 5.69 Å². The third kappa shape index (κ3) is 3.46. The van der Waals surface area contributed by atoms with Crippen LogP contribution in [0, 0.1) is 5.92 Å². The number of nitrogens with zero attached hydrogens (tertiary/aromatic N) is 2. The number of H-pyrrole nitrogens is 1. The maximum Gasteiger partial charge on any atom is 0.346 e. The third-order valence-electron chi connectivity index (χ3n) is 5.09. The van der Waals surface area contributed by atoms with Crippen LogP contribution in [0.1, 0.15) is 34.9 Å². The molecule has 0 unspecified atom stereocenters. The van der Waals surface area contributed by atoms with Gasteiger partial charge in [0, 0.05) is 17.6 Å². The molecule has 4 rings (SSSR count). The highest BCUT2D eigenvalue weighted by Crippen LogP contribution is 2.38. The first-order chi connectivity index (χ1) is 13.5. The van der Waals surface area contributed by atoms with E-state index in [0.29, 0.717) is 29.6 Å². The van der Waals surface area contributed by atoms with E-state index in [1.807, 2.05) is 6.07 Å². The fourth-order valence-electron chi connectivity index (χ4n) is 3.56. The second-order valence-electron chi connectivity index (χ2n) is 6.91. The summed E-state index contributed by atoms with van der Waals surface area (Å²) in [4.78, 5) is 35.6. The Balaban J connectivity index is 1.67. The van der Waals surface area contributed by atoms with Gasteiger partial charge in [-0.25, -0.2) is 9.78 Å². The molecular formula is C20H20N4O4. The first-order valence-electron chi connectivity index (χ1n) is 9.03. The molecule has 1 aliphatic carbocycles. The minimum absolute atomic E-state index is 0.0717. The Bertz CT molecular complexity index is 1060. The molecule has 0 radical (unpaired) electrons. The predicted octanol–water partition coefficient (Wildman–Crippen LogP) is 1.57. The van der Waals surface area contributed by atoms with Crippen LogP contribution in [-0.2, 0) is 0 Å². The largest absolute Gasteiger partial charge is 0.481 e. The molecule has 1 saturated carbocycles. The summed E-state index contributed by atoms with van der Waals surface area (Å²) in [5, 5.41) is 13.3. The lowest BCUT2D eigenvalue weighted by molar-refractivity contribution is 0.0234. The summed E-state index contributed by atoms with van der Waals surface area (Å²) in [5.74, 6) is 0.108. The lowest BCUT2D eigenvalue weighted by atomic mass is 9.75. The molecular weight excluding hydrogens is 360 g/mol. The molecule has 28 heavy (non-hydrogen) atoms. The quantitative estimate of drug-likeness (QED) is 0.618. The average molecular weight is 380 g/mol. The monoisotopic (exact) mass is 380 g/mol. The number of aliphatic hydroxyl groups is 1. The number of ether oxygens (including phenoxy) is 1. The van der Waals surface area contributed by atoms with Gasteiger partial charge in [0.2, 0.25) is 5.88 Å². The van der Waals surface area contributed by atoms with Crippen LogP contribution in [0.25, 0.3) is 10.9 Å². The molecule has 8 nitrogen and oxygen atoms in total. The van der Waals surface area contributed by atoms with Crippen molar-refractivity contribution in [3.05, 3.63) is 64.3 Å². The van der Waals surface area contributed by atoms with Gasteiger partial charge < -0.3 is 20.1 Å². The zero-order valence-electron chi connectivity index (χ0n) is 15.3. The molecule has 1 amide bonds. The van der Waals surface area contributed by atoms with Gasteiger partial charge in [0.15, 0.2) is 0 Å². The number of benzene rings is 1. The molecule has 144 valence electrons. The van der Waals surface area contributed by atoms with Crippen molar-refractivity contribution in [1.29, 1.82) is 0 Å². The first kappa shape index (κ1) is 18.1. The molecule has 8 heteroatoms. The summed E-state index contributed by atoms with van der Waals surface area (Å²) in [5.41, 5.74) is 0.853. The number of fused-ring (bicyclic) bond motifs is 1. The molecule has 0 saturated heterocycles. The molecule has 2 aromatic heterocycles. The standard InChI is InChI=1S/C20H20N4O4/c1-28-16-7-6-11(10-21-16)17(12-8-13(25)9-12)23-19(26)18-14-4-2-3-5-15(14)22-20(27)24-18/h2-7,10,12-13,17,25H,8-9H2,1H3,(H,23,26)(H,22,24,27)/t12?,13?,17-/m0/s1. The predicted molar refractivity (Wildman–Crippen MR) is 102 cm³/mol. The Kier molecular flexibility index (Phi) is 4.79. The van der Waals surface area contributed by atoms with Gasteiger partial charge in [-0.1, -0.05) is 24.3 Å². The van der Waals surface area contributed by atoms with Crippen molar-refractivity contribution in [2.24, 2.45) is 5.92 Å². The number of methoxy groups -OCH3 is 1. The second kappa shape index (κ2) is 7.40. The summed E-state index contributed by atoms with van der Waals surface area (Å²) in [7, 11) is 1.53. The van der Waals surface area contributed by atoms with Gasteiger partial charge in [0.25, 0.3) is 5.91 Å². The smallest absolute Gasteiger partial charge is 0.346 e. The van der Waals surface area contributed by atoms with Crippen molar-refractivity contribution in [2.75, 3.05) is 7.11 Å². The number of para-hydroxylation sites is 1. The Morgan fingerprint density at radius 3 is 2.75 bits per heavy atom. The van der Waals surface area contributed by atoms with Crippen LogP contribution in [0.15, 0.2) is 47.4 Å². The minimum Gasteiger partial charge on any atom is -0.481 e. The number of aromatic nitrogens is 3. The minimum atomic E-state index is -0.578. The molecule has 0 aliphatic heterocycles. The lowest BCUT2D eigenvalue weighted by Gasteiger charge is -2.38. The van der Waals surface area contributed by atoms with Gasteiger partial charge in [-0.2, -0.15) is 4.98 Å². The van der Waals surface area contributed by atoms with E-state index in [4.69, 9.17) is 4.74 Å². The Labute approximate surface area is 160 Å². The summed E-state index contributed by atoms with van der Waals surface area (Å²) < 4.78 is 5.09. The van der Waals surface area contributed by atoms with E-state index in [9.17, 15) is 14.7 Å². The lowest BCUT2D eigenvalue weighted by Crippen LogP contribution is -2.42. The Morgan fingerprint density at radius 2 is 2.07 bits per heavy atom. The number of carbonyl (C=O) groups excluding carboxylic acids is 1. The maximum absolute atomic E-state index is 13.0. The number of aromatic amines is 1. The molecule has 1 aliphatic rings. The van der Waals surface area contributed by atoms with E-state index in [2.05, 4.69) is 20.3 Å². The third-order valence-corrected chi connectivity index (χ3v) is 5.09. The number of rotatable bonds is 5. The highest BCUT2D eigenvalue weighted by atomic mass is 16.5.